The third-order valence-corrected chi connectivity index (χ3v) is 13.9. The summed E-state index contributed by atoms with van der Waals surface area (Å²) in [6.45, 7) is 0. The van der Waals surface area contributed by atoms with Crippen LogP contribution < -0.4 is 59.7 Å². The highest BCUT2D eigenvalue weighted by atomic mass is 35.6. The highest BCUT2D eigenvalue weighted by Crippen LogP contribution is 2.42. The van der Waals surface area contributed by atoms with Crippen molar-refractivity contribution in [2.75, 3.05) is 171 Å². The van der Waals surface area contributed by atoms with E-state index >= 15 is 0 Å². The third-order valence-electron chi connectivity index (χ3n) is 8.67. The second-order valence-corrected chi connectivity index (χ2v) is 18.7. The van der Waals surface area contributed by atoms with E-state index in [4.69, 9.17) is 11.1 Å². The summed E-state index contributed by atoms with van der Waals surface area (Å²) < 4.78 is 0. The normalized spacial score (nSPS) is 11.3. The quantitative estimate of drug-likeness (QED) is 0.162. The maximum absolute atomic E-state index is 9.06. The molecule has 0 saturated heterocycles. The minimum atomic E-state index is -3.61. The molecule has 0 aromatic heterocycles. The van der Waals surface area contributed by atoms with Gasteiger partial charge in [0, 0.05) is 159 Å². The molecule has 0 amide bonds. The summed E-state index contributed by atoms with van der Waals surface area (Å²) >= 11 is 9.06. The molecule has 0 N–H and O–H groups in total. The van der Waals surface area contributed by atoms with Crippen LogP contribution in [-0.2, 0) is 0 Å². The zero-order valence-electron chi connectivity index (χ0n) is 32.4. The summed E-state index contributed by atoms with van der Waals surface area (Å²) in [4.78, 5) is 20.1. The van der Waals surface area contributed by atoms with Gasteiger partial charge in [0.25, 0.3) is 7.38 Å². The van der Waals surface area contributed by atoms with E-state index in [2.05, 4.69) is 207 Å². The zero-order valence-corrected chi connectivity index (χ0v) is 34.1. The van der Waals surface area contributed by atoms with Gasteiger partial charge in [-0.15, -0.1) is 11.1 Å². The summed E-state index contributed by atoms with van der Waals surface area (Å²) in [5.41, 5.74) is 10.1. The predicted molar refractivity (Wildman–Crippen MR) is 219 cm³/mol. The van der Waals surface area contributed by atoms with Crippen LogP contribution in [-0.4, -0.2) is 134 Å². The van der Waals surface area contributed by atoms with Crippen molar-refractivity contribution in [3.05, 3.63) is 36.4 Å². The minimum absolute atomic E-state index is 1.11. The molecule has 47 heavy (non-hydrogen) atoms. The van der Waals surface area contributed by atoms with Crippen LogP contribution in [0.2, 0.25) is 0 Å². The first-order valence-electron chi connectivity index (χ1n) is 16.0. The molecule has 0 fully saturated rings. The SMILES string of the molecule is CN(C)c1ccc(N(C)C)c([Si](Cl)(c2c(N(C)C)ccc(N(C)C)c2N(C)C)c2c(N(C)C)ccc(N(C)C)c2N(C)C)c1N(C)C. The first-order chi connectivity index (χ1) is 21.7. The monoisotopic (exact) mass is 681 g/mol. The van der Waals surface area contributed by atoms with Gasteiger partial charge >= 0.3 is 0 Å². The largest absolute Gasteiger partial charge is 0.378 e. The first kappa shape index (κ1) is 37.8. The molecule has 0 radical (unpaired) electrons. The Morgan fingerprint density at radius 2 is 0.468 bits per heavy atom. The van der Waals surface area contributed by atoms with Crippen LogP contribution >= 0.6 is 11.1 Å². The molecule has 0 aliphatic rings. The van der Waals surface area contributed by atoms with Gasteiger partial charge in [-0.25, -0.2) is 0 Å². The molecule has 0 unspecified atom stereocenters. The van der Waals surface area contributed by atoms with Gasteiger partial charge in [0.1, 0.15) is 0 Å². The van der Waals surface area contributed by atoms with Gasteiger partial charge in [-0.2, -0.15) is 0 Å². The van der Waals surface area contributed by atoms with E-state index in [0.29, 0.717) is 0 Å². The Kier molecular flexibility index (Phi) is 11.5. The molecule has 9 nitrogen and oxygen atoms in total. The molecule has 11 heteroatoms. The van der Waals surface area contributed by atoms with Crippen LogP contribution in [0.15, 0.2) is 36.4 Å². The van der Waals surface area contributed by atoms with Gasteiger partial charge in [-0.3, -0.25) is 0 Å². The minimum Gasteiger partial charge on any atom is -0.378 e. The van der Waals surface area contributed by atoms with Crippen LogP contribution in [0.4, 0.5) is 51.2 Å². The molecule has 3 aromatic carbocycles. The van der Waals surface area contributed by atoms with Gasteiger partial charge in [-0.1, -0.05) is 0 Å². The number of hydrogen-bond donors (Lipinski definition) is 0. The van der Waals surface area contributed by atoms with Crippen molar-refractivity contribution in [2.24, 2.45) is 0 Å². The maximum atomic E-state index is 9.06. The lowest BCUT2D eigenvalue weighted by molar-refractivity contribution is 1.06. The molecule has 260 valence electrons. The van der Waals surface area contributed by atoms with Crippen molar-refractivity contribution < 1.29 is 0 Å². The molecular formula is C36H60ClN9Si. The van der Waals surface area contributed by atoms with Crippen LogP contribution in [0.25, 0.3) is 0 Å². The molecule has 3 rings (SSSR count). The Balaban J connectivity index is 3.03. The standard InChI is InChI=1S/C36H60ClN9Si/c1-38(2)25-19-22-28(41(7)8)34(31(25)44(13)14)47(37,35-29(42(9)10)23-20-26(39(3)4)32(35)45(15)16)36-30(43(11)12)24-21-27(40(5)6)33(36)46(17)18/h19-24H,1-18H3. The highest BCUT2D eigenvalue weighted by molar-refractivity contribution is 7.42. The second-order valence-electron chi connectivity index (χ2n) is 14.2. The highest BCUT2D eigenvalue weighted by Gasteiger charge is 2.51. The average molecular weight is 682 g/mol. The summed E-state index contributed by atoms with van der Waals surface area (Å²) in [5, 5.41) is 3.47. The molecule has 0 spiro atoms. The number of halogens is 1. The lowest BCUT2D eigenvalue weighted by Crippen LogP contribution is -2.67. The lowest BCUT2D eigenvalue weighted by atomic mass is 10.2. The summed E-state index contributed by atoms with van der Waals surface area (Å²) in [5.74, 6) is 0. The molecule has 0 atom stereocenters. The third kappa shape index (κ3) is 6.72. The van der Waals surface area contributed by atoms with Crippen molar-refractivity contribution in [3.63, 3.8) is 0 Å². The number of rotatable bonds is 12. The van der Waals surface area contributed by atoms with Crippen molar-refractivity contribution in [1.82, 2.24) is 0 Å². The average Bonchev–Trinajstić information content (AvgIpc) is 2.97. The molecule has 0 aliphatic carbocycles. The number of nitrogens with zero attached hydrogens (tertiary/aromatic N) is 9. The smallest absolute Gasteiger partial charge is 0.260 e. The predicted octanol–water partition coefficient (Wildman–Crippen LogP) is 3.49. The number of hydrogen-bond acceptors (Lipinski definition) is 9. The van der Waals surface area contributed by atoms with Crippen molar-refractivity contribution >= 4 is 85.2 Å². The Labute approximate surface area is 291 Å². The van der Waals surface area contributed by atoms with E-state index in [1.807, 2.05) is 0 Å². The summed E-state index contributed by atoms with van der Waals surface area (Å²) in [6.07, 6.45) is 0. The molecule has 0 heterocycles. The fourth-order valence-electron chi connectivity index (χ4n) is 6.66. The van der Waals surface area contributed by atoms with E-state index in [0.717, 1.165) is 66.7 Å². The van der Waals surface area contributed by atoms with Gasteiger partial charge in [0.2, 0.25) is 0 Å². The van der Waals surface area contributed by atoms with Crippen molar-refractivity contribution in [1.29, 1.82) is 0 Å². The van der Waals surface area contributed by atoms with Crippen LogP contribution in [0.1, 0.15) is 0 Å². The molecule has 0 saturated carbocycles. The van der Waals surface area contributed by atoms with Gasteiger partial charge in [0.15, 0.2) is 0 Å². The molecule has 0 aliphatic heterocycles. The Morgan fingerprint density at radius 1 is 0.298 bits per heavy atom. The molecule has 0 bridgehead atoms. The summed E-state index contributed by atoms with van der Waals surface area (Å²) in [7, 11) is 34.7. The van der Waals surface area contributed by atoms with Crippen LogP contribution in [0.5, 0.6) is 0 Å². The zero-order chi connectivity index (χ0) is 35.9. The van der Waals surface area contributed by atoms with E-state index in [-0.39, 0.29) is 0 Å². The fourth-order valence-corrected chi connectivity index (χ4v) is 13.1. The van der Waals surface area contributed by atoms with E-state index in [1.54, 1.807) is 0 Å². The van der Waals surface area contributed by atoms with Gasteiger partial charge in [-0.05, 0) is 36.4 Å². The summed E-state index contributed by atoms with van der Waals surface area (Å²) in [6, 6.07) is 13.4. The van der Waals surface area contributed by atoms with Crippen molar-refractivity contribution in [3.8, 4) is 0 Å². The number of benzene rings is 3. The van der Waals surface area contributed by atoms with Gasteiger partial charge < -0.3 is 44.1 Å². The maximum Gasteiger partial charge on any atom is 0.260 e. The van der Waals surface area contributed by atoms with E-state index < -0.39 is 7.38 Å². The molecule has 3 aromatic rings. The van der Waals surface area contributed by atoms with Crippen LogP contribution in [0, 0.1) is 0 Å². The first-order valence-corrected chi connectivity index (χ1v) is 19.0. The van der Waals surface area contributed by atoms with E-state index in [1.165, 1.54) is 0 Å². The topological polar surface area (TPSA) is 29.2 Å². The Morgan fingerprint density at radius 3 is 0.617 bits per heavy atom. The van der Waals surface area contributed by atoms with E-state index in [9.17, 15) is 0 Å². The Bertz CT molecular complexity index is 1380. The Hall–Kier alpha value is -3.63. The number of anilines is 9. The lowest BCUT2D eigenvalue weighted by Gasteiger charge is -2.43. The fraction of sp³-hybridized carbons (Fsp3) is 0.500. The van der Waals surface area contributed by atoms with Crippen molar-refractivity contribution in [2.45, 2.75) is 0 Å². The molecular weight excluding hydrogens is 622 g/mol. The van der Waals surface area contributed by atoms with Crippen LogP contribution in [0.3, 0.4) is 0 Å². The second kappa shape index (κ2) is 14.2. The van der Waals surface area contributed by atoms with Gasteiger partial charge in [0.05, 0.1) is 34.1 Å².